The van der Waals surface area contributed by atoms with Crippen LogP contribution in [-0.2, 0) is 6.54 Å². The van der Waals surface area contributed by atoms with Gasteiger partial charge < -0.3 is 9.32 Å². The van der Waals surface area contributed by atoms with Gasteiger partial charge in [0.25, 0.3) is 5.56 Å². The van der Waals surface area contributed by atoms with Crippen LogP contribution in [0.5, 0.6) is 0 Å². The number of hydrogen-bond acceptors (Lipinski definition) is 5. The first-order valence-corrected chi connectivity index (χ1v) is 9.17. The summed E-state index contributed by atoms with van der Waals surface area (Å²) in [6.07, 6.45) is 3.15. The molecular weight excluding hydrogens is 328 g/mol. The molecule has 1 aliphatic carbocycles. The first-order chi connectivity index (χ1) is 12.5. The predicted molar refractivity (Wildman–Crippen MR) is 100 cm³/mol. The summed E-state index contributed by atoms with van der Waals surface area (Å²) >= 11 is 0. The van der Waals surface area contributed by atoms with Crippen molar-refractivity contribution in [3.63, 3.8) is 0 Å². The van der Waals surface area contributed by atoms with E-state index < -0.39 is 0 Å². The second kappa shape index (κ2) is 5.19. The maximum absolute atomic E-state index is 13.4. The van der Waals surface area contributed by atoms with Crippen molar-refractivity contribution in [1.82, 2.24) is 19.4 Å². The van der Waals surface area contributed by atoms with E-state index in [9.17, 15) is 4.79 Å². The number of hydrogen-bond donors (Lipinski definition) is 0. The minimum absolute atomic E-state index is 0.0833. The minimum Gasteiger partial charge on any atom is -0.430 e. The standard InChI is InChI=1S/C20H22N4O2/c1-10-8-11(2)21-19-16(10)17-18(26-19)20(25)24-14-7-5-6-13(14)12(3)23(4)9-15(24)22-17/h8,13-14H,3,5-7,9H2,1-2,4H3/t13-,14-/m1/s1. The van der Waals surface area contributed by atoms with Crippen LogP contribution in [0.4, 0.5) is 0 Å². The van der Waals surface area contributed by atoms with Gasteiger partial charge >= 0.3 is 0 Å². The van der Waals surface area contributed by atoms with Crippen LogP contribution in [0.2, 0.25) is 0 Å². The van der Waals surface area contributed by atoms with Gasteiger partial charge in [-0.25, -0.2) is 9.97 Å². The first-order valence-electron chi connectivity index (χ1n) is 9.17. The lowest BCUT2D eigenvalue weighted by atomic mass is 10.00. The fraction of sp³-hybridized carbons (Fsp3) is 0.450. The Labute approximate surface area is 151 Å². The van der Waals surface area contributed by atoms with Gasteiger partial charge in [-0.3, -0.25) is 9.36 Å². The number of pyridine rings is 1. The van der Waals surface area contributed by atoms with Crippen LogP contribution < -0.4 is 5.56 Å². The van der Waals surface area contributed by atoms with E-state index in [1.54, 1.807) is 0 Å². The molecule has 0 radical (unpaired) electrons. The Morgan fingerprint density at radius 1 is 1.27 bits per heavy atom. The average molecular weight is 350 g/mol. The Hall–Kier alpha value is -2.63. The van der Waals surface area contributed by atoms with Gasteiger partial charge in [-0.1, -0.05) is 13.0 Å². The first kappa shape index (κ1) is 15.6. The molecule has 0 amide bonds. The Balaban J connectivity index is 1.88. The smallest absolute Gasteiger partial charge is 0.297 e. The molecule has 0 spiro atoms. The lowest BCUT2D eigenvalue weighted by Gasteiger charge is -2.24. The topological polar surface area (TPSA) is 64.2 Å². The van der Waals surface area contributed by atoms with E-state index in [2.05, 4.69) is 16.5 Å². The van der Waals surface area contributed by atoms with Crippen molar-refractivity contribution in [2.45, 2.75) is 45.7 Å². The Kier molecular flexibility index (Phi) is 3.12. The highest BCUT2D eigenvalue weighted by molar-refractivity contribution is 6.02. The van der Waals surface area contributed by atoms with Crippen molar-refractivity contribution < 1.29 is 4.42 Å². The van der Waals surface area contributed by atoms with Crippen LogP contribution in [0.3, 0.4) is 0 Å². The summed E-state index contributed by atoms with van der Waals surface area (Å²) in [5.41, 5.74) is 4.40. The maximum Gasteiger partial charge on any atom is 0.297 e. The van der Waals surface area contributed by atoms with Crippen LogP contribution in [0.25, 0.3) is 22.2 Å². The second-order valence-electron chi connectivity index (χ2n) is 7.70. The number of rotatable bonds is 0. The molecule has 6 nitrogen and oxygen atoms in total. The average Bonchev–Trinajstić information content (AvgIpc) is 3.16. The summed E-state index contributed by atoms with van der Waals surface area (Å²) in [6, 6.07) is 2.12. The molecule has 4 heterocycles. The third-order valence-electron chi connectivity index (χ3n) is 6.00. The van der Waals surface area contributed by atoms with E-state index in [1.165, 1.54) is 0 Å². The SMILES string of the molecule is C=C1[C@H]2CCC[C@H]2n2c(nc3c(oc4nc(C)cc(C)c43)c2=O)CN1C. The van der Waals surface area contributed by atoms with Crippen LogP contribution in [-0.4, -0.2) is 26.5 Å². The molecule has 0 saturated heterocycles. The van der Waals surface area contributed by atoms with Crippen LogP contribution in [0.15, 0.2) is 27.6 Å². The van der Waals surface area contributed by atoms with Gasteiger partial charge in [0.1, 0.15) is 11.3 Å². The van der Waals surface area contributed by atoms with Gasteiger partial charge in [0.15, 0.2) is 0 Å². The molecule has 0 N–H and O–H groups in total. The van der Waals surface area contributed by atoms with Crippen molar-refractivity contribution in [1.29, 1.82) is 0 Å². The molecule has 2 aliphatic rings. The van der Waals surface area contributed by atoms with Gasteiger partial charge in [0.2, 0.25) is 11.3 Å². The van der Waals surface area contributed by atoms with Crippen molar-refractivity contribution >= 4 is 22.2 Å². The van der Waals surface area contributed by atoms with Crippen molar-refractivity contribution in [2.24, 2.45) is 5.92 Å². The molecule has 3 aromatic heterocycles. The van der Waals surface area contributed by atoms with Crippen LogP contribution in [0, 0.1) is 19.8 Å². The summed E-state index contributed by atoms with van der Waals surface area (Å²) in [6.45, 7) is 8.82. The monoisotopic (exact) mass is 350 g/mol. The highest BCUT2D eigenvalue weighted by atomic mass is 16.3. The molecule has 1 fully saturated rings. The van der Waals surface area contributed by atoms with Gasteiger partial charge in [-0.15, -0.1) is 0 Å². The summed E-state index contributed by atoms with van der Waals surface area (Å²) in [7, 11) is 2.04. The van der Waals surface area contributed by atoms with Crippen molar-refractivity contribution in [3.8, 4) is 0 Å². The lowest BCUT2D eigenvalue weighted by molar-refractivity contribution is 0.347. The molecule has 5 rings (SSSR count). The quantitative estimate of drug-likeness (QED) is 0.621. The van der Waals surface area contributed by atoms with E-state index >= 15 is 0 Å². The lowest BCUT2D eigenvalue weighted by Crippen LogP contribution is -2.29. The molecule has 26 heavy (non-hydrogen) atoms. The van der Waals surface area contributed by atoms with Crippen LogP contribution >= 0.6 is 0 Å². The number of fused-ring (bicyclic) bond motifs is 6. The largest absolute Gasteiger partial charge is 0.430 e. The van der Waals surface area contributed by atoms with E-state index in [0.29, 0.717) is 29.3 Å². The normalized spacial score (nSPS) is 22.7. The third-order valence-corrected chi connectivity index (χ3v) is 6.00. The van der Waals surface area contributed by atoms with Crippen molar-refractivity contribution in [3.05, 3.63) is 45.8 Å². The molecule has 0 aromatic carbocycles. The fourth-order valence-electron chi connectivity index (χ4n) is 4.77. The number of aryl methyl sites for hydroxylation is 2. The second-order valence-corrected chi connectivity index (χ2v) is 7.70. The highest BCUT2D eigenvalue weighted by Gasteiger charge is 2.38. The molecule has 0 bridgehead atoms. The highest BCUT2D eigenvalue weighted by Crippen LogP contribution is 2.43. The molecule has 6 heteroatoms. The van der Waals surface area contributed by atoms with Gasteiger partial charge in [0.05, 0.1) is 11.9 Å². The number of nitrogens with zero attached hydrogens (tertiary/aromatic N) is 4. The Morgan fingerprint density at radius 2 is 2.08 bits per heavy atom. The zero-order valence-electron chi connectivity index (χ0n) is 15.4. The number of aromatic nitrogens is 3. The van der Waals surface area contributed by atoms with E-state index in [-0.39, 0.29) is 11.6 Å². The van der Waals surface area contributed by atoms with Gasteiger partial charge in [-0.05, 0) is 38.3 Å². The molecule has 2 atom stereocenters. The summed E-state index contributed by atoms with van der Waals surface area (Å²) in [5.74, 6) is 1.09. The van der Waals surface area contributed by atoms with Crippen molar-refractivity contribution in [2.75, 3.05) is 7.05 Å². The van der Waals surface area contributed by atoms with Crippen LogP contribution in [0.1, 0.15) is 42.4 Å². The Bertz CT molecular complexity index is 1140. The Morgan fingerprint density at radius 3 is 2.88 bits per heavy atom. The summed E-state index contributed by atoms with van der Waals surface area (Å²) in [4.78, 5) is 24.9. The molecule has 0 unspecified atom stereocenters. The number of allylic oxidation sites excluding steroid dienone is 1. The van der Waals surface area contributed by atoms with Gasteiger partial charge in [0, 0.05) is 30.4 Å². The van der Waals surface area contributed by atoms with E-state index in [4.69, 9.17) is 9.40 Å². The predicted octanol–water partition coefficient (Wildman–Crippen LogP) is 3.45. The molecule has 1 saturated carbocycles. The minimum atomic E-state index is -0.0833. The third kappa shape index (κ3) is 1.95. The number of furan rings is 1. The fourth-order valence-corrected chi connectivity index (χ4v) is 4.77. The zero-order valence-corrected chi connectivity index (χ0v) is 15.4. The molecule has 1 aliphatic heterocycles. The zero-order chi connectivity index (χ0) is 18.2. The molecule has 134 valence electrons. The molecule has 3 aromatic rings. The molecular formula is C20H22N4O2. The van der Waals surface area contributed by atoms with Gasteiger partial charge in [-0.2, -0.15) is 0 Å². The van der Waals surface area contributed by atoms with E-state index in [0.717, 1.165) is 47.4 Å². The van der Waals surface area contributed by atoms with E-state index in [1.807, 2.05) is 31.5 Å². The maximum atomic E-state index is 13.4. The summed E-state index contributed by atoms with van der Waals surface area (Å²) < 4.78 is 7.79. The summed E-state index contributed by atoms with van der Waals surface area (Å²) in [5, 5.41) is 0.847.